The summed E-state index contributed by atoms with van der Waals surface area (Å²) in [5, 5.41) is 8.58. The SMILES string of the molecule is C=C(C(=O)O)C(C)C(OC)OC. The second-order valence-electron chi connectivity index (χ2n) is 2.46. The van der Waals surface area contributed by atoms with Crippen LogP contribution in [-0.4, -0.2) is 31.6 Å². The fraction of sp³-hybridized carbons (Fsp3) is 0.625. The molecule has 0 aromatic rings. The van der Waals surface area contributed by atoms with E-state index in [-0.39, 0.29) is 11.5 Å². The van der Waals surface area contributed by atoms with Crippen LogP contribution in [0.15, 0.2) is 12.2 Å². The van der Waals surface area contributed by atoms with Crippen molar-refractivity contribution < 1.29 is 19.4 Å². The Bertz CT molecular complexity index is 172. The molecule has 0 spiro atoms. The number of aliphatic carboxylic acids is 1. The highest BCUT2D eigenvalue weighted by Gasteiger charge is 2.22. The number of rotatable bonds is 5. The molecule has 0 saturated heterocycles. The summed E-state index contributed by atoms with van der Waals surface area (Å²) in [6.07, 6.45) is -0.548. The van der Waals surface area contributed by atoms with Crippen LogP contribution in [0.5, 0.6) is 0 Å². The van der Waals surface area contributed by atoms with Crippen molar-refractivity contribution in [3.05, 3.63) is 12.2 Å². The standard InChI is InChI=1S/C8H14O4/c1-5(7(9)10)6(2)8(11-3)12-4/h6,8H,1H2,2-4H3,(H,9,10). The summed E-state index contributed by atoms with van der Waals surface area (Å²) >= 11 is 0. The minimum atomic E-state index is -1.03. The van der Waals surface area contributed by atoms with Gasteiger partial charge in [-0.2, -0.15) is 0 Å². The summed E-state index contributed by atoms with van der Waals surface area (Å²) < 4.78 is 9.77. The van der Waals surface area contributed by atoms with Gasteiger partial charge in [-0.1, -0.05) is 13.5 Å². The Balaban J connectivity index is 4.25. The van der Waals surface area contributed by atoms with E-state index in [1.54, 1.807) is 6.92 Å². The predicted molar refractivity (Wildman–Crippen MR) is 43.7 cm³/mol. The van der Waals surface area contributed by atoms with E-state index in [9.17, 15) is 4.79 Å². The monoisotopic (exact) mass is 174 g/mol. The van der Waals surface area contributed by atoms with Gasteiger partial charge in [-0.05, 0) is 0 Å². The molecule has 1 atom stereocenters. The molecule has 0 fully saturated rings. The van der Waals surface area contributed by atoms with Gasteiger partial charge in [0.25, 0.3) is 0 Å². The maximum Gasteiger partial charge on any atom is 0.331 e. The number of hydrogen-bond acceptors (Lipinski definition) is 3. The number of carboxylic acids is 1. The second-order valence-corrected chi connectivity index (χ2v) is 2.46. The Morgan fingerprint density at radius 2 is 1.83 bits per heavy atom. The minimum Gasteiger partial charge on any atom is -0.478 e. The van der Waals surface area contributed by atoms with Gasteiger partial charge in [0.05, 0.1) is 0 Å². The Labute approximate surface area is 71.8 Å². The number of ether oxygens (including phenoxy) is 2. The maximum absolute atomic E-state index is 10.5. The molecule has 4 heteroatoms. The number of hydrogen-bond donors (Lipinski definition) is 1. The molecule has 0 aliphatic carbocycles. The Morgan fingerprint density at radius 1 is 1.42 bits per heavy atom. The summed E-state index contributed by atoms with van der Waals surface area (Å²) in [6, 6.07) is 0. The molecule has 0 aromatic carbocycles. The van der Waals surface area contributed by atoms with Gasteiger partial charge in [0.15, 0.2) is 6.29 Å². The zero-order valence-corrected chi connectivity index (χ0v) is 7.53. The summed E-state index contributed by atoms with van der Waals surface area (Å²) in [5.41, 5.74) is 0.0868. The predicted octanol–water partition coefficient (Wildman–Crippen LogP) is 0.882. The summed E-state index contributed by atoms with van der Waals surface area (Å²) in [5.74, 6) is -1.38. The Kier molecular flexibility index (Phi) is 4.54. The van der Waals surface area contributed by atoms with Gasteiger partial charge < -0.3 is 14.6 Å². The first-order valence-corrected chi connectivity index (χ1v) is 3.52. The van der Waals surface area contributed by atoms with Gasteiger partial charge in [-0.3, -0.25) is 0 Å². The molecule has 0 aliphatic rings. The zero-order chi connectivity index (χ0) is 9.72. The molecule has 0 amide bonds. The number of carbonyl (C=O) groups is 1. The van der Waals surface area contributed by atoms with Crippen molar-refractivity contribution >= 4 is 5.97 Å². The number of methoxy groups -OCH3 is 2. The highest BCUT2D eigenvalue weighted by atomic mass is 16.7. The fourth-order valence-electron chi connectivity index (χ4n) is 0.864. The lowest BCUT2D eigenvalue weighted by Gasteiger charge is -2.20. The van der Waals surface area contributed by atoms with E-state index in [4.69, 9.17) is 14.6 Å². The van der Waals surface area contributed by atoms with E-state index in [1.165, 1.54) is 14.2 Å². The highest BCUT2D eigenvalue weighted by Crippen LogP contribution is 2.15. The molecule has 0 bridgehead atoms. The van der Waals surface area contributed by atoms with Crippen LogP contribution in [-0.2, 0) is 14.3 Å². The number of carboxylic acid groups (broad SMARTS) is 1. The molecule has 4 nitrogen and oxygen atoms in total. The van der Waals surface area contributed by atoms with E-state index in [1.807, 2.05) is 0 Å². The van der Waals surface area contributed by atoms with Gasteiger partial charge in [0.2, 0.25) is 0 Å². The van der Waals surface area contributed by atoms with Crippen LogP contribution >= 0.6 is 0 Å². The molecule has 1 unspecified atom stereocenters. The van der Waals surface area contributed by atoms with Crippen LogP contribution in [0.4, 0.5) is 0 Å². The van der Waals surface area contributed by atoms with Crippen molar-refractivity contribution in [1.82, 2.24) is 0 Å². The summed E-state index contributed by atoms with van der Waals surface area (Å²) in [6.45, 7) is 5.10. The van der Waals surface area contributed by atoms with Crippen LogP contribution in [0, 0.1) is 5.92 Å². The average Bonchev–Trinajstić information content (AvgIpc) is 2.05. The third-order valence-corrected chi connectivity index (χ3v) is 1.70. The largest absolute Gasteiger partial charge is 0.478 e. The summed E-state index contributed by atoms with van der Waals surface area (Å²) in [7, 11) is 2.92. The molecular formula is C8H14O4. The van der Waals surface area contributed by atoms with Crippen LogP contribution in [0.3, 0.4) is 0 Å². The lowest BCUT2D eigenvalue weighted by Crippen LogP contribution is -2.26. The molecule has 0 radical (unpaired) electrons. The van der Waals surface area contributed by atoms with Crippen molar-refractivity contribution in [1.29, 1.82) is 0 Å². The molecule has 0 aromatic heterocycles. The third kappa shape index (κ3) is 2.64. The molecule has 0 saturated carbocycles. The normalized spacial score (nSPS) is 13.0. The van der Waals surface area contributed by atoms with Crippen molar-refractivity contribution in [2.45, 2.75) is 13.2 Å². The van der Waals surface area contributed by atoms with Gasteiger partial charge in [0, 0.05) is 25.7 Å². The maximum atomic E-state index is 10.5. The third-order valence-electron chi connectivity index (χ3n) is 1.70. The van der Waals surface area contributed by atoms with Crippen molar-refractivity contribution in [2.75, 3.05) is 14.2 Å². The fourth-order valence-corrected chi connectivity index (χ4v) is 0.864. The Morgan fingerprint density at radius 3 is 2.08 bits per heavy atom. The summed E-state index contributed by atoms with van der Waals surface area (Å²) in [4.78, 5) is 10.5. The van der Waals surface area contributed by atoms with E-state index in [0.717, 1.165) is 0 Å². The van der Waals surface area contributed by atoms with Crippen LogP contribution in [0.1, 0.15) is 6.92 Å². The zero-order valence-electron chi connectivity index (χ0n) is 7.53. The van der Waals surface area contributed by atoms with Crippen molar-refractivity contribution in [3.8, 4) is 0 Å². The molecular weight excluding hydrogens is 160 g/mol. The van der Waals surface area contributed by atoms with Crippen LogP contribution in [0.2, 0.25) is 0 Å². The van der Waals surface area contributed by atoms with E-state index in [0.29, 0.717) is 0 Å². The smallest absolute Gasteiger partial charge is 0.331 e. The molecule has 12 heavy (non-hydrogen) atoms. The molecule has 0 aliphatic heterocycles. The van der Waals surface area contributed by atoms with E-state index >= 15 is 0 Å². The molecule has 1 N–H and O–H groups in total. The second kappa shape index (κ2) is 4.90. The van der Waals surface area contributed by atoms with Crippen LogP contribution < -0.4 is 0 Å². The highest BCUT2D eigenvalue weighted by molar-refractivity contribution is 5.86. The molecule has 0 rings (SSSR count). The van der Waals surface area contributed by atoms with Gasteiger partial charge in [0.1, 0.15) is 0 Å². The van der Waals surface area contributed by atoms with Crippen LogP contribution in [0.25, 0.3) is 0 Å². The lowest BCUT2D eigenvalue weighted by atomic mass is 10.0. The first-order valence-electron chi connectivity index (χ1n) is 3.52. The quantitative estimate of drug-likeness (QED) is 0.496. The average molecular weight is 174 g/mol. The first-order chi connectivity index (χ1) is 5.54. The van der Waals surface area contributed by atoms with E-state index < -0.39 is 12.3 Å². The van der Waals surface area contributed by atoms with Crippen molar-refractivity contribution in [2.24, 2.45) is 5.92 Å². The lowest BCUT2D eigenvalue weighted by molar-refractivity contribution is -0.142. The van der Waals surface area contributed by atoms with Gasteiger partial charge in [-0.25, -0.2) is 4.79 Å². The molecule has 70 valence electrons. The van der Waals surface area contributed by atoms with E-state index in [2.05, 4.69) is 6.58 Å². The molecule has 0 heterocycles. The first kappa shape index (κ1) is 11.1. The minimum absolute atomic E-state index is 0.0868. The van der Waals surface area contributed by atoms with Crippen molar-refractivity contribution in [3.63, 3.8) is 0 Å². The van der Waals surface area contributed by atoms with Gasteiger partial charge in [-0.15, -0.1) is 0 Å². The topological polar surface area (TPSA) is 55.8 Å². The Hall–Kier alpha value is -0.870. The van der Waals surface area contributed by atoms with Gasteiger partial charge >= 0.3 is 5.97 Å².